The van der Waals surface area contributed by atoms with Crippen molar-refractivity contribution in [1.29, 1.82) is 0 Å². The molecule has 1 atom stereocenters. The highest BCUT2D eigenvalue weighted by Gasteiger charge is 2.05. The molecule has 112 valence electrons. The predicted octanol–water partition coefficient (Wildman–Crippen LogP) is 4.51. The number of ether oxygens (including phenoxy) is 1. The summed E-state index contributed by atoms with van der Waals surface area (Å²) in [5, 5.41) is 0. The minimum atomic E-state index is 0.209. The van der Waals surface area contributed by atoms with Crippen LogP contribution in [0.4, 0.5) is 0 Å². The lowest BCUT2D eigenvalue weighted by molar-refractivity contribution is 0.414. The largest absolute Gasteiger partial charge is 0.497 e. The van der Waals surface area contributed by atoms with Crippen LogP contribution in [0.2, 0.25) is 0 Å². The Morgan fingerprint density at radius 1 is 1.10 bits per heavy atom. The fraction of sp³-hybridized carbons (Fsp3) is 0.294. The second-order valence-electron chi connectivity index (χ2n) is 4.91. The highest BCUT2D eigenvalue weighted by atomic mass is 79.9. The average molecular weight is 366 g/mol. The Kier molecular flexibility index (Phi) is 6.61. The van der Waals surface area contributed by atoms with Crippen molar-refractivity contribution in [1.82, 2.24) is 0 Å². The standard InChI is InChI=1S/C17H20BrNOS/c1-20-16-8-3-13(4-9-16)2-7-15(19)12-21-17-10-5-14(18)6-11-17/h3-6,8-11,15H,2,7,12,19H2,1H3. The maximum Gasteiger partial charge on any atom is 0.118 e. The van der Waals surface area contributed by atoms with Gasteiger partial charge in [0.1, 0.15) is 5.75 Å². The Labute approximate surface area is 139 Å². The van der Waals surface area contributed by atoms with Crippen molar-refractivity contribution in [2.24, 2.45) is 5.73 Å². The molecule has 0 aliphatic carbocycles. The molecular weight excluding hydrogens is 346 g/mol. The summed E-state index contributed by atoms with van der Waals surface area (Å²) in [6.45, 7) is 0. The molecule has 2 N–H and O–H groups in total. The molecule has 0 aliphatic rings. The summed E-state index contributed by atoms with van der Waals surface area (Å²) in [5.41, 5.74) is 7.51. The van der Waals surface area contributed by atoms with Crippen molar-refractivity contribution in [2.45, 2.75) is 23.8 Å². The van der Waals surface area contributed by atoms with Crippen LogP contribution in [0.25, 0.3) is 0 Å². The lowest BCUT2D eigenvalue weighted by Crippen LogP contribution is -2.23. The molecular formula is C17H20BrNOS. The van der Waals surface area contributed by atoms with Crippen LogP contribution < -0.4 is 10.5 Å². The third-order valence-corrected chi connectivity index (χ3v) is 4.97. The molecule has 1 unspecified atom stereocenters. The minimum Gasteiger partial charge on any atom is -0.497 e. The molecule has 4 heteroatoms. The molecule has 0 saturated carbocycles. The summed E-state index contributed by atoms with van der Waals surface area (Å²) < 4.78 is 6.27. The van der Waals surface area contributed by atoms with Crippen molar-refractivity contribution < 1.29 is 4.74 Å². The Morgan fingerprint density at radius 3 is 2.38 bits per heavy atom. The van der Waals surface area contributed by atoms with Crippen LogP contribution in [0.3, 0.4) is 0 Å². The smallest absolute Gasteiger partial charge is 0.118 e. The summed E-state index contributed by atoms with van der Waals surface area (Å²) in [7, 11) is 1.68. The Balaban J connectivity index is 1.73. The number of thioether (sulfide) groups is 1. The van der Waals surface area contributed by atoms with Crippen LogP contribution in [0.15, 0.2) is 57.9 Å². The van der Waals surface area contributed by atoms with E-state index in [0.29, 0.717) is 0 Å². The zero-order valence-corrected chi connectivity index (χ0v) is 14.5. The Bertz CT molecular complexity index is 542. The summed E-state index contributed by atoms with van der Waals surface area (Å²) in [5.74, 6) is 1.84. The van der Waals surface area contributed by atoms with Crippen LogP contribution in [-0.4, -0.2) is 18.9 Å². The van der Waals surface area contributed by atoms with Gasteiger partial charge in [0.2, 0.25) is 0 Å². The molecule has 0 aromatic heterocycles. The molecule has 2 aromatic rings. The molecule has 2 rings (SSSR count). The lowest BCUT2D eigenvalue weighted by atomic mass is 10.1. The highest BCUT2D eigenvalue weighted by molar-refractivity contribution is 9.10. The molecule has 21 heavy (non-hydrogen) atoms. The van der Waals surface area contributed by atoms with Gasteiger partial charge in [0.15, 0.2) is 0 Å². The van der Waals surface area contributed by atoms with Crippen LogP contribution in [0.1, 0.15) is 12.0 Å². The number of benzene rings is 2. The van der Waals surface area contributed by atoms with Crippen LogP contribution in [-0.2, 0) is 6.42 Å². The molecule has 0 radical (unpaired) electrons. The number of hydrogen-bond donors (Lipinski definition) is 1. The molecule has 0 amide bonds. The van der Waals surface area contributed by atoms with E-state index in [1.165, 1.54) is 10.5 Å². The fourth-order valence-electron chi connectivity index (χ4n) is 1.96. The molecule has 0 fully saturated rings. The van der Waals surface area contributed by atoms with Crippen molar-refractivity contribution >= 4 is 27.7 Å². The molecule has 0 heterocycles. The lowest BCUT2D eigenvalue weighted by Gasteiger charge is -2.11. The maximum atomic E-state index is 6.20. The van der Waals surface area contributed by atoms with Gasteiger partial charge >= 0.3 is 0 Å². The van der Waals surface area contributed by atoms with E-state index in [1.807, 2.05) is 23.9 Å². The van der Waals surface area contributed by atoms with E-state index in [1.54, 1.807) is 7.11 Å². The van der Waals surface area contributed by atoms with E-state index < -0.39 is 0 Å². The van der Waals surface area contributed by atoms with E-state index >= 15 is 0 Å². The van der Waals surface area contributed by atoms with Crippen molar-refractivity contribution in [3.05, 3.63) is 58.6 Å². The third kappa shape index (κ3) is 5.73. The number of hydrogen-bond acceptors (Lipinski definition) is 3. The normalized spacial score (nSPS) is 12.1. The predicted molar refractivity (Wildman–Crippen MR) is 94.2 cm³/mol. The zero-order valence-electron chi connectivity index (χ0n) is 12.1. The van der Waals surface area contributed by atoms with Crippen molar-refractivity contribution in [3.8, 4) is 5.75 Å². The maximum absolute atomic E-state index is 6.20. The summed E-state index contributed by atoms with van der Waals surface area (Å²) >= 11 is 5.26. The average Bonchev–Trinajstić information content (AvgIpc) is 2.53. The quantitative estimate of drug-likeness (QED) is 0.733. The van der Waals surface area contributed by atoms with Gasteiger partial charge in [0, 0.05) is 21.2 Å². The van der Waals surface area contributed by atoms with E-state index in [4.69, 9.17) is 10.5 Å². The van der Waals surface area contributed by atoms with E-state index in [-0.39, 0.29) is 6.04 Å². The zero-order chi connectivity index (χ0) is 15.1. The Hall–Kier alpha value is -0.970. The first-order valence-electron chi connectivity index (χ1n) is 6.94. The second-order valence-corrected chi connectivity index (χ2v) is 6.92. The number of methoxy groups -OCH3 is 1. The highest BCUT2D eigenvalue weighted by Crippen LogP contribution is 2.22. The summed E-state index contributed by atoms with van der Waals surface area (Å²) in [6.07, 6.45) is 2.00. The summed E-state index contributed by atoms with van der Waals surface area (Å²) in [4.78, 5) is 1.26. The van der Waals surface area contributed by atoms with Crippen LogP contribution in [0.5, 0.6) is 5.75 Å². The Morgan fingerprint density at radius 2 is 1.76 bits per heavy atom. The van der Waals surface area contributed by atoms with Crippen molar-refractivity contribution in [3.63, 3.8) is 0 Å². The fourth-order valence-corrected chi connectivity index (χ4v) is 3.13. The number of rotatable bonds is 7. The summed E-state index contributed by atoms with van der Waals surface area (Å²) in [6, 6.07) is 16.8. The van der Waals surface area contributed by atoms with Gasteiger partial charge in [-0.2, -0.15) is 0 Å². The van der Waals surface area contributed by atoms with Gasteiger partial charge in [0.05, 0.1) is 7.11 Å². The van der Waals surface area contributed by atoms with Gasteiger partial charge in [-0.15, -0.1) is 11.8 Å². The molecule has 2 nitrogen and oxygen atoms in total. The third-order valence-electron chi connectivity index (χ3n) is 3.24. The topological polar surface area (TPSA) is 35.2 Å². The van der Waals surface area contributed by atoms with Gasteiger partial charge in [-0.1, -0.05) is 28.1 Å². The van der Waals surface area contributed by atoms with E-state index in [2.05, 4.69) is 52.3 Å². The number of aryl methyl sites for hydroxylation is 1. The number of halogens is 1. The first-order chi connectivity index (χ1) is 10.2. The number of nitrogens with two attached hydrogens (primary N) is 1. The van der Waals surface area contributed by atoms with Crippen LogP contribution >= 0.6 is 27.7 Å². The van der Waals surface area contributed by atoms with Gasteiger partial charge in [-0.25, -0.2) is 0 Å². The second kappa shape index (κ2) is 8.47. The van der Waals surface area contributed by atoms with E-state index in [0.717, 1.165) is 28.8 Å². The minimum absolute atomic E-state index is 0.209. The molecule has 0 spiro atoms. The van der Waals surface area contributed by atoms with Crippen molar-refractivity contribution in [2.75, 3.05) is 12.9 Å². The van der Waals surface area contributed by atoms with Gasteiger partial charge in [0.25, 0.3) is 0 Å². The monoisotopic (exact) mass is 365 g/mol. The van der Waals surface area contributed by atoms with Crippen LogP contribution in [0, 0.1) is 0 Å². The van der Waals surface area contributed by atoms with Gasteiger partial charge in [-0.05, 0) is 54.8 Å². The molecule has 0 saturated heterocycles. The SMILES string of the molecule is COc1ccc(CCC(N)CSc2ccc(Br)cc2)cc1. The molecule has 2 aromatic carbocycles. The first-order valence-corrected chi connectivity index (χ1v) is 8.72. The van der Waals surface area contributed by atoms with Gasteiger partial charge in [-0.3, -0.25) is 0 Å². The molecule has 0 bridgehead atoms. The molecule has 0 aliphatic heterocycles. The first kappa shape index (κ1) is 16.4. The van der Waals surface area contributed by atoms with Gasteiger partial charge < -0.3 is 10.5 Å². The van der Waals surface area contributed by atoms with E-state index in [9.17, 15) is 0 Å².